The Balaban J connectivity index is 0.000000902. The number of rotatable bonds is 8. The van der Waals surface area contributed by atoms with Crippen molar-refractivity contribution in [2.24, 2.45) is 16.8 Å². The summed E-state index contributed by atoms with van der Waals surface area (Å²) in [6.45, 7) is 14.0. The van der Waals surface area contributed by atoms with Crippen LogP contribution in [0.1, 0.15) is 121 Å². The number of carbonyl (C=O) groups excluding carboxylic acids is 1. The zero-order chi connectivity index (χ0) is 30.3. The summed E-state index contributed by atoms with van der Waals surface area (Å²) in [7, 11) is 1.31. The highest BCUT2D eigenvalue weighted by molar-refractivity contribution is 5.77. The highest BCUT2D eigenvalue weighted by Crippen LogP contribution is 2.36. The van der Waals surface area contributed by atoms with Crippen molar-refractivity contribution in [3.05, 3.63) is 71.0 Å². The van der Waals surface area contributed by atoms with Crippen LogP contribution in [-0.4, -0.2) is 31.6 Å². The minimum absolute atomic E-state index is 0.122. The summed E-state index contributed by atoms with van der Waals surface area (Å²) >= 11 is 0. The van der Waals surface area contributed by atoms with Gasteiger partial charge < -0.3 is 9.47 Å². The first-order chi connectivity index (χ1) is 19.7. The molecule has 4 nitrogen and oxygen atoms in total. The fraction of sp³-hybridized carbons (Fsp3) is 0.611. The Morgan fingerprint density at radius 3 is 2.24 bits per heavy atom. The second kappa shape index (κ2) is 18.0. The predicted molar refractivity (Wildman–Crippen MR) is 169 cm³/mol. The number of hydrogen-bond donors (Lipinski definition) is 0. The molecule has 0 N–H and O–H groups in total. The number of methoxy groups -OCH3 is 1. The molecule has 3 atom stereocenters. The summed E-state index contributed by atoms with van der Waals surface area (Å²) in [6, 6.07) is 16.6. The predicted octanol–water partition coefficient (Wildman–Crippen LogP) is 9.66. The number of hydrogen-bond acceptors (Lipinski definition) is 4. The van der Waals surface area contributed by atoms with Crippen LogP contribution in [0, 0.1) is 17.7 Å². The van der Waals surface area contributed by atoms with Crippen molar-refractivity contribution >= 4 is 12.4 Å². The van der Waals surface area contributed by atoms with Crippen molar-refractivity contribution in [1.29, 1.82) is 0 Å². The summed E-state index contributed by atoms with van der Waals surface area (Å²) in [5.41, 5.74) is 3.40. The lowest BCUT2D eigenvalue weighted by Crippen LogP contribution is -2.40. The van der Waals surface area contributed by atoms with Gasteiger partial charge in [0.1, 0.15) is 11.4 Å². The van der Waals surface area contributed by atoms with Gasteiger partial charge in [-0.05, 0) is 80.0 Å². The third-order valence-corrected chi connectivity index (χ3v) is 8.60. The van der Waals surface area contributed by atoms with Gasteiger partial charge in [0.05, 0.1) is 7.11 Å². The summed E-state index contributed by atoms with van der Waals surface area (Å²) in [5.74, 6) is 2.41. The Kier molecular flexibility index (Phi) is 15.1. The van der Waals surface area contributed by atoms with Crippen LogP contribution in [0.15, 0.2) is 53.5 Å². The number of aliphatic imine (C=N–C) groups is 1. The maximum atomic E-state index is 14.2. The molecular formula is C36H54FNO3. The number of carbonyl (C=O) groups is 1. The molecule has 1 heterocycles. The lowest BCUT2D eigenvalue weighted by molar-refractivity contribution is -0.126. The van der Waals surface area contributed by atoms with Gasteiger partial charge in [-0.25, -0.2) is 4.39 Å². The lowest BCUT2D eigenvalue weighted by Gasteiger charge is -2.36. The molecule has 4 rings (SSSR count). The molecule has 228 valence electrons. The quantitative estimate of drug-likeness (QED) is 0.236. The fourth-order valence-corrected chi connectivity index (χ4v) is 6.21. The molecule has 1 unspecified atom stereocenters. The van der Waals surface area contributed by atoms with Crippen molar-refractivity contribution in [3.63, 3.8) is 0 Å². The van der Waals surface area contributed by atoms with Crippen LogP contribution >= 0.6 is 0 Å². The summed E-state index contributed by atoms with van der Waals surface area (Å²) in [6.07, 6.45) is 10.8. The highest BCUT2D eigenvalue weighted by atomic mass is 19.1. The molecule has 0 spiro atoms. The van der Waals surface area contributed by atoms with Crippen molar-refractivity contribution < 1.29 is 18.7 Å². The van der Waals surface area contributed by atoms with E-state index in [0.717, 1.165) is 43.2 Å². The number of nitrogens with zero attached hydrogens (tertiary/aromatic N) is 1. The first-order valence-corrected chi connectivity index (χ1v) is 15.8. The number of ether oxygens (including phenoxy) is 2. The molecule has 2 aromatic rings. The van der Waals surface area contributed by atoms with Gasteiger partial charge >= 0.3 is 0 Å². The molecule has 1 saturated carbocycles. The molecule has 41 heavy (non-hydrogen) atoms. The SMILES string of the molecule is CC.CC1CN=C(CC[C@@H](C)c2ccccc2F)OC(C)(C)[C@@H]1Cc1ccc(C2CCCCCC2)cc1.COC=O. The molecule has 2 aromatic carbocycles. The zero-order valence-corrected chi connectivity index (χ0v) is 26.6. The molecule has 0 saturated heterocycles. The topological polar surface area (TPSA) is 47.9 Å². The monoisotopic (exact) mass is 567 g/mol. The third kappa shape index (κ3) is 10.9. The lowest BCUT2D eigenvalue weighted by atomic mass is 9.77. The van der Waals surface area contributed by atoms with E-state index in [-0.39, 0.29) is 17.3 Å². The number of benzene rings is 2. The van der Waals surface area contributed by atoms with Gasteiger partial charge in [0, 0.05) is 18.9 Å². The second-order valence-electron chi connectivity index (χ2n) is 12.0. The molecule has 1 aliphatic heterocycles. The molecule has 5 heteroatoms. The Morgan fingerprint density at radius 1 is 1.05 bits per heavy atom. The average Bonchev–Trinajstić information content (AvgIpc) is 3.33. The van der Waals surface area contributed by atoms with E-state index < -0.39 is 0 Å². The minimum atomic E-state index is -0.296. The number of halogens is 1. The standard InChI is InChI=1S/C32H44FNO.C2H4O2.C2H6/c1-23(28-13-9-10-14-30(28)33)15-20-31-34-22-24(2)29(32(3,4)35-31)21-25-16-18-27(19-17-25)26-11-7-5-6-8-12-26;1-4-2-3;1-2/h9-10,13-14,16-19,23-24,26,29H,5-8,11-12,15,20-22H2,1-4H3;2H,1H3;1-2H3/t23-,24?,29-;;/m1../s1. The van der Waals surface area contributed by atoms with Crippen LogP contribution in [0.2, 0.25) is 0 Å². The first kappa shape index (κ1) is 34.5. The van der Waals surface area contributed by atoms with Crippen molar-refractivity contribution in [3.8, 4) is 0 Å². The van der Waals surface area contributed by atoms with E-state index in [2.05, 4.69) is 56.7 Å². The van der Waals surface area contributed by atoms with E-state index in [1.54, 1.807) is 12.1 Å². The molecule has 1 aliphatic carbocycles. The summed E-state index contributed by atoms with van der Waals surface area (Å²) < 4.78 is 24.6. The van der Waals surface area contributed by atoms with Crippen molar-refractivity contribution in [2.45, 2.75) is 117 Å². The van der Waals surface area contributed by atoms with Crippen LogP contribution < -0.4 is 0 Å². The van der Waals surface area contributed by atoms with Crippen LogP contribution in [0.5, 0.6) is 0 Å². The smallest absolute Gasteiger partial charge is 0.292 e. The second-order valence-corrected chi connectivity index (χ2v) is 12.0. The highest BCUT2D eigenvalue weighted by Gasteiger charge is 2.38. The van der Waals surface area contributed by atoms with Gasteiger partial charge in [-0.2, -0.15) is 0 Å². The largest absolute Gasteiger partial charge is 0.475 e. The summed E-state index contributed by atoms with van der Waals surface area (Å²) in [4.78, 5) is 13.8. The Hall–Kier alpha value is -2.69. The van der Waals surface area contributed by atoms with Crippen LogP contribution in [0.25, 0.3) is 0 Å². The molecule has 0 aromatic heterocycles. The van der Waals surface area contributed by atoms with Crippen molar-refractivity contribution in [2.75, 3.05) is 13.7 Å². The van der Waals surface area contributed by atoms with E-state index >= 15 is 0 Å². The van der Waals surface area contributed by atoms with E-state index in [4.69, 9.17) is 14.5 Å². The maximum absolute atomic E-state index is 14.2. The molecule has 2 aliphatic rings. The zero-order valence-electron chi connectivity index (χ0n) is 26.6. The van der Waals surface area contributed by atoms with Crippen LogP contribution in [0.3, 0.4) is 0 Å². The summed E-state index contributed by atoms with van der Waals surface area (Å²) in [5, 5.41) is 0. The van der Waals surface area contributed by atoms with Crippen LogP contribution in [0.4, 0.5) is 4.39 Å². The van der Waals surface area contributed by atoms with Gasteiger partial charge in [0.25, 0.3) is 6.47 Å². The van der Waals surface area contributed by atoms with E-state index in [9.17, 15) is 4.39 Å². The molecule has 0 bridgehead atoms. The van der Waals surface area contributed by atoms with Gasteiger partial charge in [-0.1, -0.05) is 95.8 Å². The molecule has 1 fully saturated rings. The Morgan fingerprint density at radius 2 is 1.66 bits per heavy atom. The van der Waals surface area contributed by atoms with E-state index in [0.29, 0.717) is 18.3 Å². The average molecular weight is 568 g/mol. The van der Waals surface area contributed by atoms with Crippen LogP contribution in [-0.2, 0) is 20.7 Å². The first-order valence-electron chi connectivity index (χ1n) is 15.8. The van der Waals surface area contributed by atoms with E-state index in [1.165, 1.54) is 56.8 Å². The van der Waals surface area contributed by atoms with Gasteiger partial charge in [-0.15, -0.1) is 0 Å². The van der Waals surface area contributed by atoms with E-state index in [1.807, 2.05) is 26.0 Å². The minimum Gasteiger partial charge on any atom is -0.475 e. The molecule has 0 radical (unpaired) electrons. The van der Waals surface area contributed by atoms with Gasteiger partial charge in [0.15, 0.2) is 5.90 Å². The normalized spacial score (nSPS) is 21.2. The van der Waals surface area contributed by atoms with Gasteiger partial charge in [-0.3, -0.25) is 9.79 Å². The van der Waals surface area contributed by atoms with Gasteiger partial charge in [0.2, 0.25) is 0 Å². The third-order valence-electron chi connectivity index (χ3n) is 8.60. The molecule has 0 amide bonds. The Labute approximate surface area is 249 Å². The molecular weight excluding hydrogens is 513 g/mol. The Bertz CT molecular complexity index is 1040. The fourth-order valence-electron chi connectivity index (χ4n) is 6.21. The van der Waals surface area contributed by atoms with Crippen molar-refractivity contribution in [1.82, 2.24) is 0 Å². The maximum Gasteiger partial charge on any atom is 0.292 e.